The van der Waals surface area contributed by atoms with Crippen LogP contribution in [0.25, 0.3) is 0 Å². The third-order valence-corrected chi connectivity index (χ3v) is 5.51. The van der Waals surface area contributed by atoms with Crippen LogP contribution < -0.4 is 5.32 Å². The van der Waals surface area contributed by atoms with Gasteiger partial charge in [0.15, 0.2) is 0 Å². The first-order valence-electron chi connectivity index (χ1n) is 7.49. The lowest BCUT2D eigenvalue weighted by Gasteiger charge is -2.45. The van der Waals surface area contributed by atoms with Crippen LogP contribution in [-0.2, 0) is 4.74 Å². The van der Waals surface area contributed by atoms with E-state index in [9.17, 15) is 0 Å². The molecular weight excluding hydrogens is 212 g/mol. The highest BCUT2D eigenvalue weighted by molar-refractivity contribution is 5.03. The van der Waals surface area contributed by atoms with Gasteiger partial charge in [-0.15, -0.1) is 0 Å². The fraction of sp³-hybridized carbons (Fsp3) is 1.00. The van der Waals surface area contributed by atoms with Crippen molar-refractivity contribution in [3.63, 3.8) is 0 Å². The quantitative estimate of drug-likeness (QED) is 0.747. The highest BCUT2D eigenvalue weighted by Gasteiger charge is 2.47. The van der Waals surface area contributed by atoms with Gasteiger partial charge in [0.1, 0.15) is 0 Å². The van der Waals surface area contributed by atoms with Crippen LogP contribution in [0.3, 0.4) is 0 Å². The van der Waals surface area contributed by atoms with Crippen molar-refractivity contribution >= 4 is 0 Å². The molecule has 3 saturated heterocycles. The molecule has 4 fully saturated rings. The molecule has 3 aliphatic heterocycles. The fourth-order valence-corrected chi connectivity index (χ4v) is 4.65. The predicted octanol–water partition coefficient (Wildman–Crippen LogP) is 1.52. The predicted molar refractivity (Wildman–Crippen MR) is 67.1 cm³/mol. The maximum atomic E-state index is 6.03. The summed E-state index contributed by atoms with van der Waals surface area (Å²) >= 11 is 0. The molecular formula is C14H24N2O. The van der Waals surface area contributed by atoms with Crippen molar-refractivity contribution in [2.24, 2.45) is 0 Å². The Morgan fingerprint density at radius 3 is 2.76 bits per heavy atom. The monoisotopic (exact) mass is 236 g/mol. The Kier molecular flexibility index (Phi) is 2.50. The third kappa shape index (κ3) is 1.74. The molecule has 1 aliphatic carbocycles. The summed E-state index contributed by atoms with van der Waals surface area (Å²) in [4.78, 5) is 2.76. The average Bonchev–Trinajstić information content (AvgIpc) is 3.05. The van der Waals surface area contributed by atoms with Gasteiger partial charge in [-0.25, -0.2) is 0 Å². The van der Waals surface area contributed by atoms with Gasteiger partial charge in [0.25, 0.3) is 0 Å². The van der Waals surface area contributed by atoms with Crippen molar-refractivity contribution in [2.45, 2.75) is 68.7 Å². The highest BCUT2D eigenvalue weighted by atomic mass is 16.5. The molecule has 17 heavy (non-hydrogen) atoms. The standard InChI is InChI=1S/C14H24N2O/c1-2-6-14(5-1)10-16(8-7-15-14)12-9-11-3-4-13(12)17-11/h11-13,15H,1-10H2. The van der Waals surface area contributed by atoms with Crippen molar-refractivity contribution in [2.75, 3.05) is 19.6 Å². The van der Waals surface area contributed by atoms with Crippen molar-refractivity contribution in [1.29, 1.82) is 0 Å². The number of hydrogen-bond donors (Lipinski definition) is 1. The van der Waals surface area contributed by atoms with Gasteiger partial charge in [-0.3, -0.25) is 4.90 Å². The van der Waals surface area contributed by atoms with Gasteiger partial charge in [-0.05, 0) is 32.1 Å². The van der Waals surface area contributed by atoms with E-state index in [1.54, 1.807) is 0 Å². The molecule has 0 radical (unpaired) electrons. The summed E-state index contributed by atoms with van der Waals surface area (Å²) in [6, 6.07) is 0.744. The van der Waals surface area contributed by atoms with Gasteiger partial charge in [0.05, 0.1) is 12.2 Å². The maximum absolute atomic E-state index is 6.03. The zero-order valence-corrected chi connectivity index (χ0v) is 10.7. The molecule has 0 aromatic heterocycles. The van der Waals surface area contributed by atoms with E-state index in [2.05, 4.69) is 10.2 Å². The van der Waals surface area contributed by atoms with Crippen LogP contribution in [0.2, 0.25) is 0 Å². The van der Waals surface area contributed by atoms with Crippen molar-refractivity contribution in [3.05, 3.63) is 0 Å². The van der Waals surface area contributed by atoms with Crippen LogP contribution in [0.15, 0.2) is 0 Å². The number of hydrogen-bond acceptors (Lipinski definition) is 3. The second kappa shape index (κ2) is 3.94. The lowest BCUT2D eigenvalue weighted by Crippen LogP contribution is -2.62. The molecule has 4 rings (SSSR count). The van der Waals surface area contributed by atoms with Crippen LogP contribution >= 0.6 is 0 Å². The van der Waals surface area contributed by atoms with Crippen molar-refractivity contribution in [1.82, 2.24) is 10.2 Å². The number of nitrogens with zero attached hydrogens (tertiary/aromatic N) is 1. The molecule has 4 aliphatic rings. The summed E-state index contributed by atoms with van der Waals surface area (Å²) in [5.74, 6) is 0. The second-order valence-electron chi connectivity index (χ2n) is 6.56. The number of rotatable bonds is 1. The Hall–Kier alpha value is -0.120. The van der Waals surface area contributed by atoms with E-state index in [0.29, 0.717) is 17.7 Å². The first-order chi connectivity index (χ1) is 8.35. The van der Waals surface area contributed by atoms with Gasteiger partial charge in [0.2, 0.25) is 0 Å². The molecule has 0 aromatic rings. The minimum atomic E-state index is 0.472. The van der Waals surface area contributed by atoms with E-state index in [4.69, 9.17) is 4.74 Å². The minimum Gasteiger partial charge on any atom is -0.373 e. The lowest BCUT2D eigenvalue weighted by atomic mass is 9.89. The van der Waals surface area contributed by atoms with E-state index in [1.165, 1.54) is 64.6 Å². The average molecular weight is 236 g/mol. The molecule has 1 N–H and O–H groups in total. The Balaban J connectivity index is 1.47. The maximum Gasteiger partial charge on any atom is 0.0735 e. The summed E-state index contributed by atoms with van der Waals surface area (Å²) in [6.45, 7) is 3.71. The van der Waals surface area contributed by atoms with Crippen LogP contribution in [0.4, 0.5) is 0 Å². The van der Waals surface area contributed by atoms with E-state index >= 15 is 0 Å². The van der Waals surface area contributed by atoms with Gasteiger partial charge in [0, 0.05) is 31.2 Å². The summed E-state index contributed by atoms with van der Waals surface area (Å²) < 4.78 is 6.03. The summed E-state index contributed by atoms with van der Waals surface area (Å²) in [5.41, 5.74) is 0.472. The number of fused-ring (bicyclic) bond motifs is 2. The number of nitrogens with one attached hydrogen (secondary N) is 1. The molecule has 3 heteroatoms. The van der Waals surface area contributed by atoms with E-state index in [0.717, 1.165) is 6.04 Å². The van der Waals surface area contributed by atoms with Gasteiger partial charge < -0.3 is 10.1 Å². The zero-order chi connectivity index (χ0) is 11.3. The number of piperazine rings is 1. The van der Waals surface area contributed by atoms with E-state index in [1.807, 2.05) is 0 Å². The van der Waals surface area contributed by atoms with E-state index < -0.39 is 0 Å². The van der Waals surface area contributed by atoms with E-state index in [-0.39, 0.29) is 0 Å². The zero-order valence-electron chi connectivity index (χ0n) is 10.7. The van der Waals surface area contributed by atoms with Gasteiger partial charge >= 0.3 is 0 Å². The summed E-state index contributed by atoms with van der Waals surface area (Å²) in [5, 5.41) is 3.81. The first-order valence-corrected chi connectivity index (χ1v) is 7.49. The second-order valence-corrected chi connectivity index (χ2v) is 6.56. The topological polar surface area (TPSA) is 24.5 Å². The summed E-state index contributed by atoms with van der Waals surface area (Å²) in [6.07, 6.45) is 10.7. The molecule has 0 amide bonds. The Morgan fingerprint density at radius 2 is 2.06 bits per heavy atom. The number of ether oxygens (including phenoxy) is 1. The van der Waals surface area contributed by atoms with Crippen molar-refractivity contribution in [3.8, 4) is 0 Å². The molecule has 1 saturated carbocycles. The molecule has 2 bridgehead atoms. The largest absolute Gasteiger partial charge is 0.373 e. The smallest absolute Gasteiger partial charge is 0.0735 e. The molecule has 3 heterocycles. The SMILES string of the molecule is C1CCC2(C1)CN(C1CC3CCC1O3)CCN2. The lowest BCUT2D eigenvalue weighted by molar-refractivity contribution is 0.0417. The van der Waals surface area contributed by atoms with Gasteiger partial charge in [-0.2, -0.15) is 0 Å². The minimum absolute atomic E-state index is 0.472. The molecule has 3 unspecified atom stereocenters. The first kappa shape index (κ1) is 10.8. The normalized spacial score (nSPS) is 44.8. The molecule has 3 atom stereocenters. The van der Waals surface area contributed by atoms with Crippen molar-refractivity contribution < 1.29 is 4.74 Å². The molecule has 96 valence electrons. The Labute approximate surface area is 104 Å². The molecule has 0 aromatic carbocycles. The fourth-order valence-electron chi connectivity index (χ4n) is 4.65. The van der Waals surface area contributed by atoms with Crippen LogP contribution in [0, 0.1) is 0 Å². The van der Waals surface area contributed by atoms with Crippen LogP contribution in [0.5, 0.6) is 0 Å². The van der Waals surface area contributed by atoms with Crippen LogP contribution in [0.1, 0.15) is 44.9 Å². The third-order valence-electron chi connectivity index (χ3n) is 5.51. The molecule has 1 spiro atoms. The Bertz CT molecular complexity index is 301. The molecule has 3 nitrogen and oxygen atoms in total. The van der Waals surface area contributed by atoms with Crippen LogP contribution in [-0.4, -0.2) is 48.3 Å². The van der Waals surface area contributed by atoms with Gasteiger partial charge in [-0.1, -0.05) is 12.8 Å². The Morgan fingerprint density at radius 1 is 1.18 bits per heavy atom. The summed E-state index contributed by atoms with van der Waals surface area (Å²) in [7, 11) is 0. The highest BCUT2D eigenvalue weighted by Crippen LogP contribution is 2.40.